The number of amides is 2. The Balaban J connectivity index is 1.83. The first kappa shape index (κ1) is 19.0. The minimum atomic E-state index is -4.35. The number of carbonyl (C=O) groups excluding carboxylic acids is 2. The van der Waals surface area contributed by atoms with Crippen molar-refractivity contribution in [2.24, 2.45) is 5.41 Å². The summed E-state index contributed by atoms with van der Waals surface area (Å²) in [5.41, 5.74) is -0.448. The van der Waals surface area contributed by atoms with Gasteiger partial charge in [-0.05, 0) is 19.3 Å². The second kappa shape index (κ2) is 6.90. The molecule has 2 amide bonds. The zero-order chi connectivity index (χ0) is 18.1. The molecule has 2 rings (SSSR count). The molecular weight excluding hydrogens is 323 g/mol. The highest BCUT2D eigenvalue weighted by molar-refractivity contribution is 5.84. The molecule has 0 aromatic rings. The summed E-state index contributed by atoms with van der Waals surface area (Å²) in [6.45, 7) is 5.78. The van der Waals surface area contributed by atoms with Crippen LogP contribution in [0.25, 0.3) is 0 Å². The lowest BCUT2D eigenvalue weighted by Gasteiger charge is -2.36. The van der Waals surface area contributed by atoms with Gasteiger partial charge in [0.05, 0.1) is 6.04 Å². The van der Waals surface area contributed by atoms with Gasteiger partial charge in [0.2, 0.25) is 11.8 Å². The zero-order valence-electron chi connectivity index (χ0n) is 14.4. The Bertz CT molecular complexity index is 480. The van der Waals surface area contributed by atoms with E-state index in [-0.39, 0.29) is 18.5 Å². The van der Waals surface area contributed by atoms with Gasteiger partial charge in [-0.1, -0.05) is 20.8 Å². The average Bonchev–Trinajstić information content (AvgIpc) is 2.78. The third kappa shape index (κ3) is 4.84. The predicted octanol–water partition coefficient (Wildman–Crippen LogP) is 1.78. The molecule has 0 aliphatic carbocycles. The molecule has 2 aliphatic heterocycles. The number of carbonyl (C=O) groups is 2. The maximum atomic E-state index is 12.5. The molecule has 1 unspecified atom stereocenters. The van der Waals surface area contributed by atoms with Gasteiger partial charge in [0.1, 0.15) is 6.54 Å². The van der Waals surface area contributed by atoms with E-state index < -0.39 is 30.1 Å². The van der Waals surface area contributed by atoms with Crippen molar-refractivity contribution in [2.75, 3.05) is 26.2 Å². The monoisotopic (exact) mass is 349 g/mol. The normalized spacial score (nSPS) is 24.5. The van der Waals surface area contributed by atoms with E-state index in [2.05, 4.69) is 5.32 Å². The van der Waals surface area contributed by atoms with Crippen LogP contribution in [0, 0.1) is 5.41 Å². The first-order chi connectivity index (χ1) is 11.0. The number of piperidine rings is 1. The summed E-state index contributed by atoms with van der Waals surface area (Å²) >= 11 is 0. The largest absolute Gasteiger partial charge is 0.406 e. The van der Waals surface area contributed by atoms with Crippen LogP contribution < -0.4 is 5.32 Å². The highest BCUT2D eigenvalue weighted by atomic mass is 19.4. The van der Waals surface area contributed by atoms with Crippen molar-refractivity contribution >= 4 is 11.8 Å². The molecular formula is C16H26F3N3O2. The van der Waals surface area contributed by atoms with E-state index in [9.17, 15) is 22.8 Å². The van der Waals surface area contributed by atoms with Gasteiger partial charge in [0.15, 0.2) is 0 Å². The molecule has 1 atom stereocenters. The summed E-state index contributed by atoms with van der Waals surface area (Å²) in [5.74, 6) is -0.432. The maximum absolute atomic E-state index is 12.5. The summed E-state index contributed by atoms with van der Waals surface area (Å²) in [5, 5.41) is 3.01. The quantitative estimate of drug-likeness (QED) is 0.845. The van der Waals surface area contributed by atoms with E-state index in [0.717, 1.165) is 4.90 Å². The van der Waals surface area contributed by atoms with E-state index in [1.165, 1.54) is 0 Å². The van der Waals surface area contributed by atoms with Gasteiger partial charge in [-0.3, -0.25) is 14.5 Å². The molecule has 0 bridgehead atoms. The molecule has 2 aliphatic rings. The lowest BCUT2D eigenvalue weighted by atomic mass is 9.94. The van der Waals surface area contributed by atoms with Crippen molar-refractivity contribution in [3.8, 4) is 0 Å². The van der Waals surface area contributed by atoms with Gasteiger partial charge >= 0.3 is 6.18 Å². The van der Waals surface area contributed by atoms with Crippen LogP contribution in [0.3, 0.4) is 0 Å². The maximum Gasteiger partial charge on any atom is 0.406 e. The number of halogens is 3. The molecule has 1 N–H and O–H groups in total. The molecule has 0 saturated carbocycles. The van der Waals surface area contributed by atoms with Crippen LogP contribution in [-0.2, 0) is 9.59 Å². The summed E-state index contributed by atoms with van der Waals surface area (Å²) in [4.78, 5) is 27.1. The van der Waals surface area contributed by atoms with Gasteiger partial charge in [0.25, 0.3) is 0 Å². The molecule has 0 spiro atoms. The Hall–Kier alpha value is -1.31. The fourth-order valence-corrected chi connectivity index (χ4v) is 3.19. The highest BCUT2D eigenvalue weighted by Gasteiger charge is 2.42. The van der Waals surface area contributed by atoms with Crippen molar-refractivity contribution in [3.63, 3.8) is 0 Å². The molecule has 0 radical (unpaired) electrons. The number of likely N-dealkylation sites (tertiary alicyclic amines) is 2. The van der Waals surface area contributed by atoms with Crippen molar-refractivity contribution in [1.29, 1.82) is 0 Å². The molecule has 24 heavy (non-hydrogen) atoms. The number of nitrogens with one attached hydrogen (secondary N) is 1. The Kier molecular flexibility index (Phi) is 5.47. The molecule has 2 fully saturated rings. The van der Waals surface area contributed by atoms with Crippen molar-refractivity contribution < 1.29 is 22.8 Å². The summed E-state index contributed by atoms with van der Waals surface area (Å²) in [6.07, 6.45) is -2.49. The fourth-order valence-electron chi connectivity index (χ4n) is 3.19. The average molecular weight is 349 g/mol. The number of hydrogen-bond acceptors (Lipinski definition) is 3. The standard InChI is InChI=1S/C16H26F3N3O2/c1-15(2,3)14(24)20-11-4-7-21(8-5-11)12-6-9-22(13(12)23)10-16(17,18)19/h11-12H,4-10H2,1-3H3,(H,20,24). The highest BCUT2D eigenvalue weighted by Crippen LogP contribution is 2.25. The lowest BCUT2D eigenvalue weighted by molar-refractivity contribution is -0.159. The number of rotatable bonds is 3. The Morgan fingerprint density at radius 3 is 2.21 bits per heavy atom. The van der Waals surface area contributed by atoms with Crippen molar-refractivity contribution in [1.82, 2.24) is 15.1 Å². The van der Waals surface area contributed by atoms with Crippen LogP contribution in [0.5, 0.6) is 0 Å². The smallest absolute Gasteiger partial charge is 0.353 e. The van der Waals surface area contributed by atoms with Crippen LogP contribution in [-0.4, -0.2) is 66.1 Å². The second-order valence-corrected chi connectivity index (χ2v) is 7.71. The Morgan fingerprint density at radius 2 is 1.71 bits per heavy atom. The first-order valence-corrected chi connectivity index (χ1v) is 8.38. The van der Waals surface area contributed by atoms with Gasteiger partial charge in [-0.15, -0.1) is 0 Å². The van der Waals surface area contributed by atoms with Crippen LogP contribution >= 0.6 is 0 Å². The molecule has 2 heterocycles. The zero-order valence-corrected chi connectivity index (χ0v) is 14.4. The summed E-state index contributed by atoms with van der Waals surface area (Å²) < 4.78 is 37.4. The van der Waals surface area contributed by atoms with Gasteiger partial charge < -0.3 is 10.2 Å². The molecule has 0 aromatic carbocycles. The van der Waals surface area contributed by atoms with E-state index >= 15 is 0 Å². The third-order valence-electron chi connectivity index (χ3n) is 4.63. The molecule has 5 nitrogen and oxygen atoms in total. The number of hydrogen-bond donors (Lipinski definition) is 1. The van der Waals surface area contributed by atoms with Gasteiger partial charge in [0, 0.05) is 31.1 Å². The molecule has 0 aromatic heterocycles. The van der Waals surface area contributed by atoms with E-state index in [1.807, 2.05) is 25.7 Å². The van der Waals surface area contributed by atoms with E-state index in [4.69, 9.17) is 0 Å². The Labute approximate surface area is 140 Å². The lowest BCUT2D eigenvalue weighted by Crippen LogP contribution is -2.51. The van der Waals surface area contributed by atoms with Gasteiger partial charge in [-0.25, -0.2) is 0 Å². The van der Waals surface area contributed by atoms with Crippen molar-refractivity contribution in [2.45, 2.75) is 58.3 Å². The summed E-state index contributed by atoms with van der Waals surface area (Å²) in [6, 6.07) is -0.387. The second-order valence-electron chi connectivity index (χ2n) is 7.71. The number of alkyl halides is 3. The number of nitrogens with zero attached hydrogens (tertiary/aromatic N) is 2. The van der Waals surface area contributed by atoms with E-state index in [0.29, 0.717) is 32.4 Å². The minimum Gasteiger partial charge on any atom is -0.353 e. The van der Waals surface area contributed by atoms with Crippen LogP contribution in [0.2, 0.25) is 0 Å². The third-order valence-corrected chi connectivity index (χ3v) is 4.63. The minimum absolute atomic E-state index is 0.00533. The fraction of sp³-hybridized carbons (Fsp3) is 0.875. The molecule has 8 heteroatoms. The van der Waals surface area contributed by atoms with Crippen LogP contribution in [0.1, 0.15) is 40.0 Å². The predicted molar refractivity (Wildman–Crippen MR) is 83.2 cm³/mol. The Morgan fingerprint density at radius 1 is 1.12 bits per heavy atom. The first-order valence-electron chi connectivity index (χ1n) is 8.38. The van der Waals surface area contributed by atoms with Gasteiger partial charge in [-0.2, -0.15) is 13.2 Å². The summed E-state index contributed by atoms with van der Waals surface area (Å²) in [7, 11) is 0. The van der Waals surface area contributed by atoms with Crippen LogP contribution in [0.4, 0.5) is 13.2 Å². The topological polar surface area (TPSA) is 52.7 Å². The molecule has 2 saturated heterocycles. The SMILES string of the molecule is CC(C)(C)C(=O)NC1CCN(C2CCN(CC(F)(F)F)C2=O)CC1. The van der Waals surface area contributed by atoms with Crippen LogP contribution in [0.15, 0.2) is 0 Å². The molecule has 138 valence electrons. The van der Waals surface area contributed by atoms with E-state index in [1.54, 1.807) is 0 Å². The van der Waals surface area contributed by atoms with Crippen molar-refractivity contribution in [3.05, 3.63) is 0 Å².